The van der Waals surface area contributed by atoms with Gasteiger partial charge in [0, 0.05) is 0 Å². The molecule has 0 bridgehead atoms. The van der Waals surface area contributed by atoms with E-state index in [9.17, 15) is 9.90 Å². The van der Waals surface area contributed by atoms with E-state index in [2.05, 4.69) is 25.7 Å². The Hall–Kier alpha value is -0.570. The zero-order valence-corrected chi connectivity index (χ0v) is 12.7. The third-order valence-electron chi connectivity index (χ3n) is 3.74. The van der Waals surface area contributed by atoms with E-state index >= 15 is 0 Å². The molecule has 0 radical (unpaired) electrons. The Bertz CT molecular complexity index is 223. The molecule has 0 spiro atoms. The second-order valence-corrected chi connectivity index (χ2v) is 5.38. The van der Waals surface area contributed by atoms with Crippen LogP contribution in [-0.2, 0) is 4.79 Å². The third-order valence-corrected chi connectivity index (χ3v) is 3.74. The number of rotatable bonds is 11. The molecule has 0 aliphatic rings. The lowest BCUT2D eigenvalue weighted by atomic mass is 9.92. The van der Waals surface area contributed by atoms with Gasteiger partial charge in [-0.3, -0.25) is 9.69 Å². The molecule has 18 heavy (non-hydrogen) atoms. The number of unbranched alkanes of at least 4 members (excludes halogenated alkanes) is 3. The van der Waals surface area contributed by atoms with Gasteiger partial charge in [0.15, 0.2) is 0 Å². The fourth-order valence-corrected chi connectivity index (χ4v) is 2.22. The van der Waals surface area contributed by atoms with Gasteiger partial charge in [-0.2, -0.15) is 0 Å². The maximum Gasteiger partial charge on any atom is 0.323 e. The van der Waals surface area contributed by atoms with Crippen LogP contribution in [0.2, 0.25) is 0 Å². The van der Waals surface area contributed by atoms with Crippen LogP contribution in [0.15, 0.2) is 0 Å². The van der Waals surface area contributed by atoms with Crippen molar-refractivity contribution in [2.24, 2.45) is 0 Å². The summed E-state index contributed by atoms with van der Waals surface area (Å²) >= 11 is 0. The van der Waals surface area contributed by atoms with E-state index in [1.165, 1.54) is 0 Å². The molecule has 0 aromatic heterocycles. The predicted octanol–water partition coefficient (Wildman–Crippen LogP) is 3.92. The molecule has 0 aromatic rings. The van der Waals surface area contributed by atoms with E-state index in [1.807, 2.05) is 6.92 Å². The van der Waals surface area contributed by atoms with E-state index in [-0.39, 0.29) is 0 Å². The number of carbonyl (C=O) groups is 1. The summed E-state index contributed by atoms with van der Waals surface area (Å²) in [7, 11) is 0. The fraction of sp³-hybridized carbons (Fsp3) is 0.933. The largest absolute Gasteiger partial charge is 0.480 e. The topological polar surface area (TPSA) is 40.5 Å². The summed E-state index contributed by atoms with van der Waals surface area (Å²) in [5.41, 5.74) is -0.680. The molecule has 1 unspecified atom stereocenters. The lowest BCUT2D eigenvalue weighted by Crippen LogP contribution is -2.53. The zero-order valence-electron chi connectivity index (χ0n) is 12.7. The van der Waals surface area contributed by atoms with Gasteiger partial charge in [0.05, 0.1) is 0 Å². The van der Waals surface area contributed by atoms with Gasteiger partial charge in [-0.05, 0) is 39.3 Å². The number of hydrogen-bond donors (Lipinski definition) is 1. The summed E-state index contributed by atoms with van der Waals surface area (Å²) in [5.74, 6) is -0.664. The van der Waals surface area contributed by atoms with Crippen LogP contribution in [0.25, 0.3) is 0 Å². The first-order chi connectivity index (χ1) is 8.52. The van der Waals surface area contributed by atoms with E-state index in [1.54, 1.807) is 0 Å². The van der Waals surface area contributed by atoms with Crippen molar-refractivity contribution in [3.63, 3.8) is 0 Å². The molecule has 0 fully saturated rings. The highest BCUT2D eigenvalue weighted by atomic mass is 16.4. The predicted molar refractivity (Wildman–Crippen MR) is 77.0 cm³/mol. The average molecular weight is 257 g/mol. The molecule has 0 rings (SSSR count). The first kappa shape index (κ1) is 17.4. The zero-order chi connectivity index (χ0) is 14.0. The van der Waals surface area contributed by atoms with E-state index < -0.39 is 11.5 Å². The summed E-state index contributed by atoms with van der Waals surface area (Å²) in [6.07, 6.45) is 7.19. The third kappa shape index (κ3) is 5.38. The van der Waals surface area contributed by atoms with Crippen molar-refractivity contribution in [2.75, 3.05) is 13.1 Å². The van der Waals surface area contributed by atoms with Crippen molar-refractivity contribution < 1.29 is 9.90 Å². The summed E-state index contributed by atoms with van der Waals surface area (Å²) in [6.45, 7) is 10.1. The monoisotopic (exact) mass is 257 g/mol. The molecule has 0 aromatic carbocycles. The van der Waals surface area contributed by atoms with Gasteiger partial charge >= 0.3 is 5.97 Å². The van der Waals surface area contributed by atoms with E-state index in [4.69, 9.17) is 0 Å². The Morgan fingerprint density at radius 1 is 1.00 bits per heavy atom. The van der Waals surface area contributed by atoms with Crippen molar-refractivity contribution in [3.8, 4) is 0 Å². The van der Waals surface area contributed by atoms with Gasteiger partial charge in [0.1, 0.15) is 5.54 Å². The first-order valence-corrected chi connectivity index (χ1v) is 7.51. The fourth-order valence-electron chi connectivity index (χ4n) is 2.22. The summed E-state index contributed by atoms with van der Waals surface area (Å²) in [6, 6.07) is 0. The minimum Gasteiger partial charge on any atom is -0.480 e. The number of aliphatic carboxylic acids is 1. The van der Waals surface area contributed by atoms with Crippen LogP contribution in [0.1, 0.15) is 72.6 Å². The molecule has 0 heterocycles. The molecule has 1 atom stereocenters. The molecule has 0 aliphatic carbocycles. The van der Waals surface area contributed by atoms with Gasteiger partial charge in [0.2, 0.25) is 0 Å². The van der Waals surface area contributed by atoms with Gasteiger partial charge in [0.25, 0.3) is 0 Å². The normalized spacial score (nSPS) is 14.7. The Morgan fingerprint density at radius 2 is 1.44 bits per heavy atom. The number of carboxylic acids is 1. The molecule has 3 heteroatoms. The van der Waals surface area contributed by atoms with Gasteiger partial charge in [-0.1, -0.05) is 46.5 Å². The van der Waals surface area contributed by atoms with Crippen LogP contribution in [0.5, 0.6) is 0 Å². The van der Waals surface area contributed by atoms with Crippen molar-refractivity contribution in [1.29, 1.82) is 0 Å². The summed E-state index contributed by atoms with van der Waals surface area (Å²) in [5, 5.41) is 9.59. The second kappa shape index (κ2) is 9.37. The Labute approximate surface area is 113 Å². The molecular weight excluding hydrogens is 226 g/mol. The molecule has 0 saturated heterocycles. The van der Waals surface area contributed by atoms with Crippen LogP contribution in [-0.4, -0.2) is 34.6 Å². The number of nitrogens with zero attached hydrogens (tertiary/aromatic N) is 1. The van der Waals surface area contributed by atoms with Crippen LogP contribution in [0.3, 0.4) is 0 Å². The maximum atomic E-state index is 11.7. The van der Waals surface area contributed by atoms with Gasteiger partial charge in [-0.15, -0.1) is 0 Å². The standard InChI is InChI=1S/C15H31NO2/c1-5-8-11-15(4,14(17)18)16(12-9-6-2)13-10-7-3/h5-13H2,1-4H3,(H,17,18). The smallest absolute Gasteiger partial charge is 0.323 e. The van der Waals surface area contributed by atoms with Crippen LogP contribution in [0.4, 0.5) is 0 Å². The quantitative estimate of drug-likeness (QED) is 0.610. The van der Waals surface area contributed by atoms with Crippen molar-refractivity contribution in [2.45, 2.75) is 78.2 Å². The van der Waals surface area contributed by atoms with E-state index in [0.29, 0.717) is 0 Å². The second-order valence-electron chi connectivity index (χ2n) is 5.38. The van der Waals surface area contributed by atoms with Gasteiger partial charge < -0.3 is 5.11 Å². The lowest BCUT2D eigenvalue weighted by molar-refractivity contribution is -0.151. The molecule has 0 saturated carbocycles. The highest BCUT2D eigenvalue weighted by molar-refractivity contribution is 5.78. The van der Waals surface area contributed by atoms with Crippen LogP contribution >= 0.6 is 0 Å². The van der Waals surface area contributed by atoms with E-state index in [0.717, 1.165) is 58.0 Å². The lowest BCUT2D eigenvalue weighted by Gasteiger charge is -2.38. The molecule has 0 aliphatic heterocycles. The Balaban J connectivity index is 4.75. The highest BCUT2D eigenvalue weighted by Crippen LogP contribution is 2.24. The van der Waals surface area contributed by atoms with Gasteiger partial charge in [-0.25, -0.2) is 0 Å². The number of hydrogen-bond acceptors (Lipinski definition) is 2. The van der Waals surface area contributed by atoms with Crippen molar-refractivity contribution >= 4 is 5.97 Å². The molecule has 108 valence electrons. The average Bonchev–Trinajstić information content (AvgIpc) is 2.35. The SMILES string of the molecule is CCCCN(CCCC)C(C)(CCCC)C(=O)O. The Kier molecular flexibility index (Phi) is 9.08. The maximum absolute atomic E-state index is 11.7. The first-order valence-electron chi connectivity index (χ1n) is 7.51. The minimum absolute atomic E-state index is 0.664. The highest BCUT2D eigenvalue weighted by Gasteiger charge is 2.38. The molecule has 0 amide bonds. The summed E-state index contributed by atoms with van der Waals surface area (Å²) in [4.78, 5) is 13.8. The molecule has 1 N–H and O–H groups in total. The van der Waals surface area contributed by atoms with Crippen molar-refractivity contribution in [1.82, 2.24) is 4.90 Å². The minimum atomic E-state index is -0.680. The molecular formula is C15H31NO2. The molecule has 3 nitrogen and oxygen atoms in total. The number of carboxylic acid groups (broad SMARTS) is 1. The van der Waals surface area contributed by atoms with Crippen LogP contribution in [0, 0.1) is 0 Å². The Morgan fingerprint density at radius 3 is 1.78 bits per heavy atom. The van der Waals surface area contributed by atoms with Crippen molar-refractivity contribution in [3.05, 3.63) is 0 Å². The van der Waals surface area contributed by atoms with Crippen LogP contribution < -0.4 is 0 Å². The summed E-state index contributed by atoms with van der Waals surface area (Å²) < 4.78 is 0.